The van der Waals surface area contributed by atoms with E-state index in [2.05, 4.69) is 5.32 Å². The molecule has 2 N–H and O–H groups in total. The molecule has 1 aromatic carbocycles. The molecule has 0 aliphatic rings. The van der Waals surface area contributed by atoms with Crippen LogP contribution in [0.1, 0.15) is 20.8 Å². The van der Waals surface area contributed by atoms with Gasteiger partial charge in [-0.05, 0) is 32.9 Å². The summed E-state index contributed by atoms with van der Waals surface area (Å²) in [6, 6.07) is 6.94. The zero-order valence-electron chi connectivity index (χ0n) is 13.2. The summed E-state index contributed by atoms with van der Waals surface area (Å²) in [5, 5.41) is 12.1. The van der Waals surface area contributed by atoms with Gasteiger partial charge in [0.05, 0.1) is 11.4 Å². The van der Waals surface area contributed by atoms with Gasteiger partial charge in [-0.1, -0.05) is 12.1 Å². The van der Waals surface area contributed by atoms with Gasteiger partial charge in [0.2, 0.25) is 0 Å². The number of urea groups is 1. The lowest BCUT2D eigenvalue weighted by atomic mass is 10.0. The number of aliphatic carboxylic acids is 1. The van der Waals surface area contributed by atoms with Crippen molar-refractivity contribution in [2.45, 2.75) is 26.3 Å². The third-order valence-corrected chi connectivity index (χ3v) is 3.39. The van der Waals surface area contributed by atoms with E-state index in [1.807, 2.05) is 37.2 Å². The zero-order chi connectivity index (χ0) is 16.2. The van der Waals surface area contributed by atoms with Gasteiger partial charge in [0.15, 0.2) is 0 Å². The number of nitrogens with one attached hydrogen (secondary N) is 1. The molecule has 0 aliphatic heterocycles. The number of carbonyl (C=O) groups excluding carboxylic acids is 1. The first-order valence-electron chi connectivity index (χ1n) is 6.80. The van der Waals surface area contributed by atoms with E-state index in [4.69, 9.17) is 0 Å². The molecule has 0 aromatic heterocycles. The van der Waals surface area contributed by atoms with Crippen LogP contribution in [0.15, 0.2) is 24.3 Å². The van der Waals surface area contributed by atoms with Crippen molar-refractivity contribution < 1.29 is 14.7 Å². The fraction of sp³-hybridized carbons (Fsp3) is 0.467. The molecule has 0 atom stereocenters. The Kier molecular flexibility index (Phi) is 5.18. The molecule has 0 fully saturated rings. The van der Waals surface area contributed by atoms with E-state index in [0.717, 1.165) is 5.69 Å². The average molecular weight is 293 g/mol. The van der Waals surface area contributed by atoms with Gasteiger partial charge in [-0.25, -0.2) is 9.59 Å². The first kappa shape index (κ1) is 16.8. The lowest BCUT2D eigenvalue weighted by Crippen LogP contribution is -2.54. The van der Waals surface area contributed by atoms with Crippen molar-refractivity contribution in [1.29, 1.82) is 0 Å². The summed E-state index contributed by atoms with van der Waals surface area (Å²) >= 11 is 0. The molecule has 0 bridgehead atoms. The number of carboxylic acid groups (broad SMARTS) is 1. The largest absolute Gasteiger partial charge is 0.480 e. The molecule has 6 nitrogen and oxygen atoms in total. The maximum Gasteiger partial charge on any atom is 0.329 e. The summed E-state index contributed by atoms with van der Waals surface area (Å²) < 4.78 is 0. The summed E-state index contributed by atoms with van der Waals surface area (Å²) in [6.45, 7) is 5.07. The molecular formula is C15H23N3O3. The topological polar surface area (TPSA) is 72.9 Å². The minimum atomic E-state index is -1.27. The smallest absolute Gasteiger partial charge is 0.329 e. The Morgan fingerprint density at radius 2 is 1.81 bits per heavy atom. The molecule has 0 unspecified atom stereocenters. The number of anilines is 2. The maximum atomic E-state index is 12.4. The third-order valence-electron chi connectivity index (χ3n) is 3.39. The van der Waals surface area contributed by atoms with Crippen molar-refractivity contribution in [2.75, 3.05) is 30.9 Å². The predicted molar refractivity (Wildman–Crippen MR) is 83.9 cm³/mol. The molecule has 0 spiro atoms. The SMILES string of the molecule is CCN(C(=O)Nc1ccccc1N(C)C)C(C)(C)C(=O)O. The van der Waals surface area contributed by atoms with Crippen LogP contribution in [0.4, 0.5) is 16.2 Å². The predicted octanol–water partition coefficient (Wildman–Crippen LogP) is 2.47. The molecule has 1 rings (SSSR count). The quantitative estimate of drug-likeness (QED) is 0.874. The molecular weight excluding hydrogens is 270 g/mol. The van der Waals surface area contributed by atoms with Crippen LogP contribution in [0.5, 0.6) is 0 Å². The fourth-order valence-corrected chi connectivity index (χ4v) is 2.06. The zero-order valence-corrected chi connectivity index (χ0v) is 13.2. The molecule has 1 aromatic rings. The summed E-state index contributed by atoms with van der Waals surface area (Å²) in [4.78, 5) is 26.9. The Morgan fingerprint density at radius 1 is 1.24 bits per heavy atom. The van der Waals surface area contributed by atoms with Crippen LogP contribution in [-0.2, 0) is 4.79 Å². The summed E-state index contributed by atoms with van der Waals surface area (Å²) in [6.07, 6.45) is 0. The number of para-hydroxylation sites is 2. The van der Waals surface area contributed by atoms with Gasteiger partial charge in [-0.3, -0.25) is 0 Å². The van der Waals surface area contributed by atoms with E-state index in [1.54, 1.807) is 13.0 Å². The highest BCUT2D eigenvalue weighted by Gasteiger charge is 2.37. The van der Waals surface area contributed by atoms with Crippen LogP contribution in [0, 0.1) is 0 Å². The van der Waals surface area contributed by atoms with Crippen molar-refractivity contribution in [3.8, 4) is 0 Å². The molecule has 2 amide bonds. The van der Waals surface area contributed by atoms with Gasteiger partial charge < -0.3 is 20.2 Å². The Hall–Kier alpha value is -2.24. The van der Waals surface area contributed by atoms with Gasteiger partial charge in [-0.2, -0.15) is 0 Å². The van der Waals surface area contributed by atoms with E-state index in [-0.39, 0.29) is 0 Å². The normalized spacial score (nSPS) is 10.9. The Morgan fingerprint density at radius 3 is 2.29 bits per heavy atom. The highest BCUT2D eigenvalue weighted by atomic mass is 16.4. The van der Waals surface area contributed by atoms with Crippen LogP contribution < -0.4 is 10.2 Å². The number of hydrogen-bond acceptors (Lipinski definition) is 3. The van der Waals surface area contributed by atoms with Crippen molar-refractivity contribution in [3.63, 3.8) is 0 Å². The highest BCUT2D eigenvalue weighted by molar-refractivity contribution is 5.96. The number of carboxylic acids is 1. The highest BCUT2D eigenvalue weighted by Crippen LogP contribution is 2.25. The minimum Gasteiger partial charge on any atom is -0.480 e. The molecule has 6 heteroatoms. The van der Waals surface area contributed by atoms with Crippen LogP contribution in [0.3, 0.4) is 0 Å². The number of nitrogens with zero attached hydrogens (tertiary/aromatic N) is 2. The molecule has 0 saturated heterocycles. The summed E-state index contributed by atoms with van der Waals surface area (Å²) in [5.74, 6) is -1.04. The van der Waals surface area contributed by atoms with Gasteiger partial charge in [0, 0.05) is 20.6 Å². The third kappa shape index (κ3) is 3.65. The van der Waals surface area contributed by atoms with Crippen LogP contribution in [0.25, 0.3) is 0 Å². The Balaban J connectivity index is 3.02. The van der Waals surface area contributed by atoms with Crippen molar-refractivity contribution in [1.82, 2.24) is 4.90 Å². The number of carbonyl (C=O) groups is 2. The van der Waals surface area contributed by atoms with Gasteiger partial charge in [0.1, 0.15) is 5.54 Å². The van der Waals surface area contributed by atoms with E-state index < -0.39 is 17.5 Å². The molecule has 116 valence electrons. The monoisotopic (exact) mass is 293 g/mol. The number of likely N-dealkylation sites (N-methyl/N-ethyl adjacent to an activating group) is 1. The van der Waals surface area contributed by atoms with Crippen molar-refractivity contribution in [2.24, 2.45) is 0 Å². The standard InChI is InChI=1S/C15H23N3O3/c1-6-18(15(2,3)13(19)20)14(21)16-11-9-7-8-10-12(11)17(4)5/h7-10H,6H2,1-5H3,(H,16,21)(H,19,20). The van der Waals surface area contributed by atoms with E-state index in [1.165, 1.54) is 18.7 Å². The summed E-state index contributed by atoms with van der Waals surface area (Å²) in [5.41, 5.74) is 0.230. The average Bonchev–Trinajstić information content (AvgIpc) is 2.39. The van der Waals surface area contributed by atoms with E-state index >= 15 is 0 Å². The van der Waals surface area contributed by atoms with E-state index in [0.29, 0.717) is 12.2 Å². The Labute approximate surface area is 125 Å². The minimum absolute atomic E-state index is 0.301. The summed E-state index contributed by atoms with van der Waals surface area (Å²) in [7, 11) is 3.76. The Bertz CT molecular complexity index is 527. The first-order chi connectivity index (χ1) is 9.71. The number of benzene rings is 1. The van der Waals surface area contributed by atoms with Crippen LogP contribution >= 0.6 is 0 Å². The lowest BCUT2D eigenvalue weighted by molar-refractivity contribution is -0.147. The molecule has 0 aliphatic carbocycles. The van der Waals surface area contributed by atoms with Gasteiger partial charge in [0.25, 0.3) is 0 Å². The van der Waals surface area contributed by atoms with Crippen LogP contribution in [0.2, 0.25) is 0 Å². The van der Waals surface area contributed by atoms with Crippen molar-refractivity contribution in [3.05, 3.63) is 24.3 Å². The number of rotatable bonds is 5. The second-order valence-electron chi connectivity index (χ2n) is 5.45. The lowest BCUT2D eigenvalue weighted by Gasteiger charge is -2.34. The second-order valence-corrected chi connectivity index (χ2v) is 5.45. The molecule has 21 heavy (non-hydrogen) atoms. The van der Waals surface area contributed by atoms with Crippen LogP contribution in [-0.4, -0.2) is 48.2 Å². The second kappa shape index (κ2) is 6.47. The van der Waals surface area contributed by atoms with E-state index in [9.17, 15) is 14.7 Å². The molecule has 0 radical (unpaired) electrons. The number of amides is 2. The van der Waals surface area contributed by atoms with Gasteiger partial charge in [-0.15, -0.1) is 0 Å². The maximum absolute atomic E-state index is 12.4. The van der Waals surface area contributed by atoms with Gasteiger partial charge >= 0.3 is 12.0 Å². The number of hydrogen-bond donors (Lipinski definition) is 2. The first-order valence-corrected chi connectivity index (χ1v) is 6.80. The molecule has 0 saturated carbocycles. The fourth-order valence-electron chi connectivity index (χ4n) is 2.06. The van der Waals surface area contributed by atoms with Crippen molar-refractivity contribution >= 4 is 23.4 Å². The molecule has 0 heterocycles.